The predicted octanol–water partition coefficient (Wildman–Crippen LogP) is 2.89. The Morgan fingerprint density at radius 1 is 1.00 bits per heavy atom. The molecule has 4 rings (SSSR count). The molecule has 2 aliphatic heterocycles. The number of pyridine rings is 1. The monoisotopic (exact) mass is 362 g/mol. The van der Waals surface area contributed by atoms with Crippen LogP contribution < -0.4 is 0 Å². The number of piperidine rings is 1. The molecule has 1 unspecified atom stereocenters. The summed E-state index contributed by atoms with van der Waals surface area (Å²) in [4.78, 5) is 31.4. The highest BCUT2D eigenvalue weighted by molar-refractivity contribution is 5.94. The number of rotatable bonds is 3. The molecule has 2 amide bonds. The van der Waals surface area contributed by atoms with Gasteiger partial charge in [0.25, 0.3) is 5.91 Å². The second-order valence-electron chi connectivity index (χ2n) is 6.95. The maximum absolute atomic E-state index is 13.0. The van der Waals surface area contributed by atoms with Gasteiger partial charge in [0, 0.05) is 44.0 Å². The van der Waals surface area contributed by atoms with Crippen LogP contribution in [-0.4, -0.2) is 46.0 Å². The van der Waals surface area contributed by atoms with Gasteiger partial charge in [0.05, 0.1) is 11.6 Å². The lowest BCUT2D eigenvalue weighted by Gasteiger charge is -2.33. The molecular formula is C21H22N4O2. The van der Waals surface area contributed by atoms with Crippen molar-refractivity contribution in [3.8, 4) is 0 Å². The summed E-state index contributed by atoms with van der Waals surface area (Å²) < 4.78 is 0. The second-order valence-corrected chi connectivity index (χ2v) is 6.95. The van der Waals surface area contributed by atoms with Crippen LogP contribution in [0.5, 0.6) is 0 Å². The summed E-state index contributed by atoms with van der Waals surface area (Å²) in [7, 11) is 0. The molecule has 1 fully saturated rings. The molecule has 0 spiro atoms. The van der Waals surface area contributed by atoms with Gasteiger partial charge < -0.3 is 4.90 Å². The molecule has 3 heterocycles. The minimum absolute atomic E-state index is 0.0182. The normalized spacial score (nSPS) is 20.1. The fourth-order valence-electron chi connectivity index (χ4n) is 3.77. The van der Waals surface area contributed by atoms with E-state index in [1.165, 1.54) is 0 Å². The van der Waals surface area contributed by atoms with E-state index in [0.717, 1.165) is 12.0 Å². The summed E-state index contributed by atoms with van der Waals surface area (Å²) in [5, 5.41) is 5.98. The number of carbonyl (C=O) groups is 2. The molecule has 138 valence electrons. The summed E-state index contributed by atoms with van der Waals surface area (Å²) >= 11 is 0. The van der Waals surface area contributed by atoms with Crippen molar-refractivity contribution in [3.05, 3.63) is 66.0 Å². The first-order valence-electron chi connectivity index (χ1n) is 9.34. The van der Waals surface area contributed by atoms with Crippen LogP contribution in [-0.2, 0) is 4.79 Å². The fourth-order valence-corrected chi connectivity index (χ4v) is 3.77. The van der Waals surface area contributed by atoms with Crippen LogP contribution in [0, 0.1) is 5.92 Å². The number of aromatic nitrogens is 1. The van der Waals surface area contributed by atoms with Crippen molar-refractivity contribution < 1.29 is 9.59 Å². The lowest BCUT2D eigenvalue weighted by Crippen LogP contribution is -2.43. The number of nitrogens with zero attached hydrogens (tertiary/aromatic N) is 4. The van der Waals surface area contributed by atoms with E-state index in [9.17, 15) is 9.59 Å². The van der Waals surface area contributed by atoms with E-state index in [1.54, 1.807) is 29.5 Å². The SMILES string of the molecule is O=C(c1cccnc1)N1CCC(C(=O)N2N=CCC2c2ccccc2)CC1. The van der Waals surface area contributed by atoms with Crippen LogP contribution >= 0.6 is 0 Å². The van der Waals surface area contributed by atoms with Gasteiger partial charge in [-0.3, -0.25) is 14.6 Å². The molecule has 6 heteroatoms. The van der Waals surface area contributed by atoms with Gasteiger partial charge in [-0.2, -0.15) is 5.10 Å². The third-order valence-corrected chi connectivity index (χ3v) is 5.28. The molecule has 1 saturated heterocycles. The molecule has 2 aliphatic rings. The lowest BCUT2D eigenvalue weighted by molar-refractivity contribution is -0.138. The highest BCUT2D eigenvalue weighted by atomic mass is 16.2. The summed E-state index contributed by atoms with van der Waals surface area (Å²) in [6, 6.07) is 13.5. The minimum Gasteiger partial charge on any atom is -0.339 e. The number of hydrazone groups is 1. The molecule has 0 bridgehead atoms. The van der Waals surface area contributed by atoms with Crippen molar-refractivity contribution in [3.63, 3.8) is 0 Å². The Kier molecular flexibility index (Phi) is 4.96. The van der Waals surface area contributed by atoms with E-state index in [0.29, 0.717) is 31.5 Å². The maximum atomic E-state index is 13.0. The number of hydrogen-bond donors (Lipinski definition) is 0. The van der Waals surface area contributed by atoms with E-state index in [1.807, 2.05) is 41.4 Å². The quantitative estimate of drug-likeness (QED) is 0.843. The van der Waals surface area contributed by atoms with Crippen molar-refractivity contribution in [1.82, 2.24) is 14.9 Å². The molecule has 6 nitrogen and oxygen atoms in total. The first kappa shape index (κ1) is 17.4. The number of hydrogen-bond acceptors (Lipinski definition) is 4. The van der Waals surface area contributed by atoms with Gasteiger partial charge in [-0.25, -0.2) is 5.01 Å². The summed E-state index contributed by atoms with van der Waals surface area (Å²) in [5.41, 5.74) is 1.70. The molecule has 1 aromatic carbocycles. The Morgan fingerprint density at radius 2 is 1.78 bits per heavy atom. The Hall–Kier alpha value is -3.02. The second kappa shape index (κ2) is 7.70. The standard InChI is InChI=1S/C21H22N4O2/c26-20(18-7-4-11-22-15-18)24-13-9-17(10-14-24)21(27)25-19(8-12-23-25)16-5-2-1-3-6-16/h1-7,11-12,15,17,19H,8-10,13-14H2. The van der Waals surface area contributed by atoms with E-state index >= 15 is 0 Å². The Bertz CT molecular complexity index is 830. The zero-order valence-electron chi connectivity index (χ0n) is 15.1. The van der Waals surface area contributed by atoms with Gasteiger partial charge in [0.15, 0.2) is 0 Å². The molecule has 27 heavy (non-hydrogen) atoms. The lowest BCUT2D eigenvalue weighted by atomic mass is 9.94. The van der Waals surface area contributed by atoms with Crippen molar-refractivity contribution in [2.24, 2.45) is 11.0 Å². The molecule has 1 atom stereocenters. The molecule has 1 aromatic heterocycles. The molecule has 0 saturated carbocycles. The smallest absolute Gasteiger partial charge is 0.255 e. The van der Waals surface area contributed by atoms with Crippen molar-refractivity contribution in [2.75, 3.05) is 13.1 Å². The molecule has 0 radical (unpaired) electrons. The van der Waals surface area contributed by atoms with Crippen LogP contribution in [0.15, 0.2) is 60.0 Å². The van der Waals surface area contributed by atoms with E-state index in [-0.39, 0.29) is 23.8 Å². The van der Waals surface area contributed by atoms with E-state index in [2.05, 4.69) is 10.1 Å². The zero-order chi connectivity index (χ0) is 18.6. The average molecular weight is 362 g/mol. The third-order valence-electron chi connectivity index (χ3n) is 5.28. The summed E-state index contributed by atoms with van der Waals surface area (Å²) in [6.07, 6.45) is 7.13. The first-order valence-corrected chi connectivity index (χ1v) is 9.34. The zero-order valence-corrected chi connectivity index (χ0v) is 15.1. The molecule has 2 aromatic rings. The van der Waals surface area contributed by atoms with Crippen molar-refractivity contribution in [1.29, 1.82) is 0 Å². The minimum atomic E-state index is -0.0931. The van der Waals surface area contributed by atoms with Gasteiger partial charge in [-0.15, -0.1) is 0 Å². The first-order chi connectivity index (χ1) is 13.2. The average Bonchev–Trinajstić information content (AvgIpc) is 3.24. The van der Waals surface area contributed by atoms with Crippen LogP contribution in [0.2, 0.25) is 0 Å². The maximum Gasteiger partial charge on any atom is 0.255 e. The molecule has 0 aliphatic carbocycles. The van der Waals surface area contributed by atoms with Crippen LogP contribution in [0.4, 0.5) is 0 Å². The highest BCUT2D eigenvalue weighted by Crippen LogP contribution is 2.31. The predicted molar refractivity (Wildman–Crippen MR) is 102 cm³/mol. The number of likely N-dealkylation sites (tertiary alicyclic amines) is 1. The van der Waals surface area contributed by atoms with E-state index < -0.39 is 0 Å². The van der Waals surface area contributed by atoms with Crippen LogP contribution in [0.25, 0.3) is 0 Å². The van der Waals surface area contributed by atoms with Crippen molar-refractivity contribution >= 4 is 18.0 Å². The van der Waals surface area contributed by atoms with E-state index in [4.69, 9.17) is 0 Å². The molecule has 0 N–H and O–H groups in total. The van der Waals surface area contributed by atoms with Gasteiger partial charge in [0.1, 0.15) is 0 Å². The van der Waals surface area contributed by atoms with Crippen molar-refractivity contribution in [2.45, 2.75) is 25.3 Å². The van der Waals surface area contributed by atoms with Gasteiger partial charge >= 0.3 is 0 Å². The Labute approximate surface area is 158 Å². The van der Waals surface area contributed by atoms with Crippen LogP contribution in [0.1, 0.15) is 41.2 Å². The number of carbonyl (C=O) groups excluding carboxylic acids is 2. The number of benzene rings is 1. The van der Waals surface area contributed by atoms with Gasteiger partial charge in [0.2, 0.25) is 5.91 Å². The summed E-state index contributed by atoms with van der Waals surface area (Å²) in [5.74, 6) is -0.0501. The Balaban J connectivity index is 1.38. The molecular weight excluding hydrogens is 340 g/mol. The van der Waals surface area contributed by atoms with Crippen LogP contribution in [0.3, 0.4) is 0 Å². The fraction of sp³-hybridized carbons (Fsp3) is 0.333. The highest BCUT2D eigenvalue weighted by Gasteiger charge is 2.35. The number of amides is 2. The Morgan fingerprint density at radius 3 is 2.48 bits per heavy atom. The van der Waals surface area contributed by atoms with Gasteiger partial charge in [-0.1, -0.05) is 30.3 Å². The summed E-state index contributed by atoms with van der Waals surface area (Å²) in [6.45, 7) is 1.16. The largest absolute Gasteiger partial charge is 0.339 e. The topological polar surface area (TPSA) is 65.9 Å². The third kappa shape index (κ3) is 3.60. The van der Waals surface area contributed by atoms with Gasteiger partial charge in [-0.05, 0) is 30.5 Å².